The van der Waals surface area contributed by atoms with Crippen LogP contribution in [0.3, 0.4) is 0 Å². The van der Waals surface area contributed by atoms with E-state index in [9.17, 15) is 17.1 Å². The zero-order chi connectivity index (χ0) is 13.5. The molecule has 18 heavy (non-hydrogen) atoms. The molecule has 1 atom stereocenters. The summed E-state index contributed by atoms with van der Waals surface area (Å²) in [5, 5.41) is -1.11. The molecule has 2 rings (SSSR count). The van der Waals surface area contributed by atoms with Crippen LogP contribution in [0.25, 0.3) is 0 Å². The number of hydrogen-bond acceptors (Lipinski definition) is 4. The lowest BCUT2D eigenvalue weighted by Crippen LogP contribution is -2.27. The molecule has 0 saturated carbocycles. The molecule has 8 heteroatoms. The monoisotopic (exact) mass is 292 g/mol. The van der Waals surface area contributed by atoms with E-state index in [0.29, 0.717) is 11.4 Å². The van der Waals surface area contributed by atoms with Crippen LogP contribution in [0.2, 0.25) is 5.15 Å². The number of pyridine rings is 1. The summed E-state index contributed by atoms with van der Waals surface area (Å²) >= 11 is 5.76. The van der Waals surface area contributed by atoms with Crippen molar-refractivity contribution in [2.75, 3.05) is 11.4 Å². The van der Waals surface area contributed by atoms with Crippen molar-refractivity contribution in [3.05, 3.63) is 23.0 Å². The van der Waals surface area contributed by atoms with Crippen LogP contribution in [0.15, 0.2) is 12.1 Å². The van der Waals surface area contributed by atoms with Crippen LogP contribution in [-0.2, 0) is 15.0 Å². The van der Waals surface area contributed by atoms with Gasteiger partial charge in [-0.2, -0.15) is 8.42 Å². The Morgan fingerprint density at radius 1 is 1.50 bits per heavy atom. The van der Waals surface area contributed by atoms with Crippen LogP contribution >= 0.6 is 11.6 Å². The highest BCUT2D eigenvalue weighted by Gasteiger charge is 2.39. The fraction of sp³-hybridized carbons (Fsp3) is 0.400. The fourth-order valence-corrected chi connectivity index (χ4v) is 2.79. The van der Waals surface area contributed by atoms with Crippen molar-refractivity contribution < 1.29 is 17.1 Å². The average Bonchev–Trinajstić information content (AvgIpc) is 2.58. The standard InChI is InChI=1S/C10H10ClFN2O3S/c1-6-2-7(3-9(11)13-6)14-5-8(4-10(14)15)18(12,16)17/h2-3,8H,4-5H2,1H3. The maximum absolute atomic E-state index is 12.9. The van der Waals surface area contributed by atoms with E-state index in [1.54, 1.807) is 13.0 Å². The van der Waals surface area contributed by atoms with E-state index in [4.69, 9.17) is 11.6 Å². The maximum Gasteiger partial charge on any atom is 0.307 e. The van der Waals surface area contributed by atoms with Crippen molar-refractivity contribution in [2.24, 2.45) is 0 Å². The quantitative estimate of drug-likeness (QED) is 0.611. The predicted octanol–water partition coefficient (Wildman–Crippen LogP) is 1.45. The van der Waals surface area contributed by atoms with E-state index in [1.165, 1.54) is 11.0 Å². The molecule has 1 aliphatic heterocycles. The SMILES string of the molecule is Cc1cc(N2CC(S(=O)(=O)F)CC2=O)cc(Cl)n1. The van der Waals surface area contributed by atoms with Gasteiger partial charge in [-0.15, -0.1) is 3.89 Å². The first kappa shape index (κ1) is 13.2. The van der Waals surface area contributed by atoms with Crippen LogP contribution in [0.4, 0.5) is 9.57 Å². The number of nitrogens with zero attached hydrogens (tertiary/aromatic N) is 2. The molecule has 0 spiro atoms. The Balaban J connectivity index is 2.32. The predicted molar refractivity (Wildman–Crippen MR) is 64.8 cm³/mol. The summed E-state index contributed by atoms with van der Waals surface area (Å²) in [5.41, 5.74) is 1.03. The minimum Gasteiger partial charge on any atom is -0.311 e. The summed E-state index contributed by atoms with van der Waals surface area (Å²) in [6.45, 7) is 1.50. The van der Waals surface area contributed by atoms with Crippen molar-refractivity contribution in [3.63, 3.8) is 0 Å². The highest BCUT2D eigenvalue weighted by molar-refractivity contribution is 7.87. The molecule has 1 saturated heterocycles. The highest BCUT2D eigenvalue weighted by Crippen LogP contribution is 2.27. The third-order valence-electron chi connectivity index (χ3n) is 2.71. The van der Waals surface area contributed by atoms with Gasteiger partial charge in [-0.05, 0) is 19.1 Å². The number of carbonyl (C=O) groups is 1. The number of halogens is 2. The number of aryl methyl sites for hydroxylation is 1. The number of hydrogen-bond donors (Lipinski definition) is 0. The molecule has 2 heterocycles. The zero-order valence-electron chi connectivity index (χ0n) is 9.43. The lowest BCUT2D eigenvalue weighted by Gasteiger charge is -2.16. The Morgan fingerprint density at radius 2 is 2.17 bits per heavy atom. The summed E-state index contributed by atoms with van der Waals surface area (Å²) < 4.78 is 34.5. The Kier molecular flexibility index (Phi) is 3.29. The van der Waals surface area contributed by atoms with E-state index in [1.807, 2.05) is 0 Å². The van der Waals surface area contributed by atoms with Gasteiger partial charge in [0.15, 0.2) is 0 Å². The number of anilines is 1. The van der Waals surface area contributed by atoms with Crippen LogP contribution < -0.4 is 4.90 Å². The minimum atomic E-state index is -4.71. The summed E-state index contributed by atoms with van der Waals surface area (Å²) in [6, 6.07) is 3.04. The number of aromatic nitrogens is 1. The molecular weight excluding hydrogens is 283 g/mol. The molecule has 0 aromatic carbocycles. The van der Waals surface area contributed by atoms with Crippen molar-refractivity contribution in [3.8, 4) is 0 Å². The van der Waals surface area contributed by atoms with Gasteiger partial charge in [0, 0.05) is 24.3 Å². The second kappa shape index (κ2) is 4.47. The molecule has 1 amide bonds. The van der Waals surface area contributed by atoms with Gasteiger partial charge in [0.2, 0.25) is 5.91 Å². The molecule has 0 radical (unpaired) electrons. The van der Waals surface area contributed by atoms with Crippen LogP contribution in [0, 0.1) is 6.92 Å². The Labute approximate surface area is 109 Å². The van der Waals surface area contributed by atoms with Crippen molar-refractivity contribution in [1.29, 1.82) is 0 Å². The summed E-state index contributed by atoms with van der Waals surface area (Å²) in [5.74, 6) is -0.442. The Morgan fingerprint density at radius 3 is 2.67 bits per heavy atom. The topological polar surface area (TPSA) is 67.3 Å². The van der Waals surface area contributed by atoms with E-state index in [-0.39, 0.29) is 18.1 Å². The van der Waals surface area contributed by atoms with E-state index < -0.39 is 21.4 Å². The lowest BCUT2D eigenvalue weighted by atomic mass is 10.3. The normalized spacial score (nSPS) is 20.5. The van der Waals surface area contributed by atoms with Crippen LogP contribution in [0.5, 0.6) is 0 Å². The maximum atomic E-state index is 12.9. The number of amides is 1. The first-order chi connectivity index (χ1) is 8.27. The van der Waals surface area contributed by atoms with Gasteiger partial charge >= 0.3 is 10.2 Å². The first-order valence-electron chi connectivity index (χ1n) is 5.15. The molecule has 1 fully saturated rings. The van der Waals surface area contributed by atoms with Crippen molar-refractivity contribution in [1.82, 2.24) is 4.98 Å². The molecule has 0 aliphatic carbocycles. The Bertz CT molecular complexity index is 585. The fourth-order valence-electron chi connectivity index (χ4n) is 1.88. The zero-order valence-corrected chi connectivity index (χ0v) is 11.0. The van der Waals surface area contributed by atoms with Gasteiger partial charge in [-0.25, -0.2) is 4.98 Å². The van der Waals surface area contributed by atoms with Gasteiger partial charge in [0.05, 0.1) is 0 Å². The van der Waals surface area contributed by atoms with Gasteiger partial charge in [-0.3, -0.25) is 4.79 Å². The first-order valence-corrected chi connectivity index (χ1v) is 6.98. The van der Waals surface area contributed by atoms with E-state index >= 15 is 0 Å². The van der Waals surface area contributed by atoms with E-state index in [2.05, 4.69) is 4.98 Å². The van der Waals surface area contributed by atoms with Gasteiger partial charge < -0.3 is 4.90 Å². The molecule has 0 bridgehead atoms. The molecule has 1 aliphatic rings. The third kappa shape index (κ3) is 2.62. The van der Waals surface area contributed by atoms with Gasteiger partial charge in [0.1, 0.15) is 10.4 Å². The van der Waals surface area contributed by atoms with Crippen molar-refractivity contribution >= 4 is 33.4 Å². The molecule has 1 aromatic rings. The van der Waals surface area contributed by atoms with Crippen molar-refractivity contribution in [2.45, 2.75) is 18.6 Å². The van der Waals surface area contributed by atoms with Gasteiger partial charge in [0.25, 0.3) is 0 Å². The Hall–Kier alpha value is -1.21. The van der Waals surface area contributed by atoms with Gasteiger partial charge in [-0.1, -0.05) is 11.6 Å². The third-order valence-corrected chi connectivity index (χ3v) is 4.01. The number of rotatable bonds is 2. The molecule has 98 valence electrons. The van der Waals surface area contributed by atoms with Crippen LogP contribution in [-0.4, -0.2) is 31.1 Å². The van der Waals surface area contributed by atoms with E-state index in [0.717, 1.165) is 0 Å². The molecular formula is C10H10ClFN2O3S. The second-order valence-corrected chi connectivity index (χ2v) is 6.10. The average molecular weight is 293 g/mol. The molecule has 1 unspecified atom stereocenters. The largest absolute Gasteiger partial charge is 0.311 e. The molecule has 0 N–H and O–H groups in total. The van der Waals surface area contributed by atoms with Crippen LogP contribution in [0.1, 0.15) is 12.1 Å². The summed E-state index contributed by atoms with van der Waals surface area (Å²) in [6.07, 6.45) is -0.349. The summed E-state index contributed by atoms with van der Waals surface area (Å²) in [4.78, 5) is 16.8. The number of carbonyl (C=O) groups excluding carboxylic acids is 1. The second-order valence-electron chi connectivity index (χ2n) is 4.10. The summed E-state index contributed by atoms with van der Waals surface area (Å²) in [7, 11) is -4.71. The molecule has 5 nitrogen and oxygen atoms in total. The smallest absolute Gasteiger partial charge is 0.307 e. The highest BCUT2D eigenvalue weighted by atomic mass is 35.5. The minimum absolute atomic E-state index is 0.197. The lowest BCUT2D eigenvalue weighted by molar-refractivity contribution is -0.117. The molecule has 1 aromatic heterocycles.